The first-order chi connectivity index (χ1) is 16.1. The molecule has 0 spiro atoms. The topological polar surface area (TPSA) is 122 Å². The van der Waals surface area contributed by atoms with Crippen LogP contribution in [0.15, 0.2) is 52.7 Å². The normalized spacial score (nSPS) is 31.3. The molecule has 1 saturated heterocycles. The quantitative estimate of drug-likeness (QED) is 0.149. The van der Waals surface area contributed by atoms with Gasteiger partial charge >= 0.3 is 0 Å². The average molecular weight is 522 g/mol. The van der Waals surface area contributed by atoms with Gasteiger partial charge in [0.15, 0.2) is 15.6 Å². The van der Waals surface area contributed by atoms with Crippen molar-refractivity contribution < 1.29 is 22.7 Å². The lowest BCUT2D eigenvalue weighted by atomic mass is 9.68. The standard InChI is InChI=1S/C25H39N3O5SSi/c1-18-13-20(14-19(2)33-35(6,7)23(3,4)5)24(34(30,31)22-11-9-8-10-12-22)16-21(17-27-28-26)32-25(24,29)15-18/h8-12,18,20-21,29H,2,13-17H2,1,3-7H3/t18?,20?,21-,24?,25?/m1/s1. The van der Waals surface area contributed by atoms with E-state index in [-0.39, 0.29) is 35.2 Å². The molecule has 1 aromatic carbocycles. The highest BCUT2D eigenvalue weighted by atomic mass is 32.2. The first kappa shape index (κ1) is 27.7. The number of hydrogen-bond donors (Lipinski definition) is 1. The summed E-state index contributed by atoms with van der Waals surface area (Å²) in [6.07, 6.45) is 0.369. The van der Waals surface area contributed by atoms with Gasteiger partial charge in [-0.15, -0.1) is 0 Å². The third kappa shape index (κ3) is 4.91. The Kier molecular flexibility index (Phi) is 7.57. The zero-order valence-corrected chi connectivity index (χ0v) is 23.5. The van der Waals surface area contributed by atoms with Gasteiger partial charge in [-0.2, -0.15) is 0 Å². The highest BCUT2D eigenvalue weighted by molar-refractivity contribution is 7.93. The highest BCUT2D eigenvalue weighted by Crippen LogP contribution is 2.59. The second-order valence-corrected chi connectivity index (χ2v) is 18.6. The maximum absolute atomic E-state index is 14.4. The van der Waals surface area contributed by atoms with E-state index < -0.39 is 40.7 Å². The largest absolute Gasteiger partial charge is 0.547 e. The van der Waals surface area contributed by atoms with E-state index in [0.717, 1.165) is 0 Å². The summed E-state index contributed by atoms with van der Waals surface area (Å²) in [5, 5.41) is 15.5. The van der Waals surface area contributed by atoms with Crippen molar-refractivity contribution in [2.45, 2.75) is 93.0 Å². The zero-order chi connectivity index (χ0) is 26.3. The van der Waals surface area contributed by atoms with Gasteiger partial charge in [-0.1, -0.05) is 57.6 Å². The van der Waals surface area contributed by atoms with Crippen molar-refractivity contribution in [3.05, 3.63) is 53.1 Å². The van der Waals surface area contributed by atoms with Crippen molar-refractivity contribution in [2.24, 2.45) is 17.0 Å². The number of hydrogen-bond acceptors (Lipinski definition) is 6. The van der Waals surface area contributed by atoms with Crippen LogP contribution in [0, 0.1) is 11.8 Å². The number of fused-ring (bicyclic) bond motifs is 1. The first-order valence-electron chi connectivity index (χ1n) is 12.2. The summed E-state index contributed by atoms with van der Waals surface area (Å²) in [4.78, 5) is 2.95. The molecule has 3 rings (SSSR count). The third-order valence-electron chi connectivity index (χ3n) is 8.09. The molecule has 1 heterocycles. The fourth-order valence-corrected chi connectivity index (χ4v) is 9.13. The van der Waals surface area contributed by atoms with Crippen LogP contribution in [-0.4, -0.2) is 45.0 Å². The number of ether oxygens (including phenoxy) is 1. The van der Waals surface area contributed by atoms with Gasteiger partial charge < -0.3 is 14.3 Å². The van der Waals surface area contributed by atoms with Crippen LogP contribution in [-0.2, 0) is 19.0 Å². The number of benzene rings is 1. The Bertz CT molecular complexity index is 1100. The lowest BCUT2D eigenvalue weighted by Gasteiger charge is -2.51. The summed E-state index contributed by atoms with van der Waals surface area (Å²) >= 11 is 0. The molecule has 35 heavy (non-hydrogen) atoms. The van der Waals surface area contributed by atoms with Crippen LogP contribution in [0.4, 0.5) is 0 Å². The molecular formula is C25H39N3O5SSi. The smallest absolute Gasteiger partial charge is 0.250 e. The van der Waals surface area contributed by atoms with Gasteiger partial charge in [0, 0.05) is 17.8 Å². The van der Waals surface area contributed by atoms with Crippen LogP contribution in [0.25, 0.3) is 10.4 Å². The Morgan fingerprint density at radius 2 is 1.94 bits per heavy atom. The Morgan fingerprint density at radius 1 is 1.31 bits per heavy atom. The molecule has 2 fully saturated rings. The molecule has 194 valence electrons. The lowest BCUT2D eigenvalue weighted by Crippen LogP contribution is -2.64. The maximum atomic E-state index is 14.4. The van der Waals surface area contributed by atoms with E-state index >= 15 is 0 Å². The van der Waals surface area contributed by atoms with Crippen LogP contribution in [0.2, 0.25) is 18.1 Å². The molecule has 0 bridgehead atoms. The van der Waals surface area contributed by atoms with Crippen molar-refractivity contribution in [1.29, 1.82) is 0 Å². The fourth-order valence-electron chi connectivity index (χ4n) is 5.51. The second kappa shape index (κ2) is 9.56. The van der Waals surface area contributed by atoms with Crippen LogP contribution >= 0.6 is 0 Å². The molecule has 5 atom stereocenters. The monoisotopic (exact) mass is 521 g/mol. The SMILES string of the molecule is C=C(CC1CC(C)CC2(O)O[C@@H](CN=[N+]=[N-])CC12S(=O)(=O)c1ccccc1)O[Si](C)(C)C(C)(C)C. The fraction of sp³-hybridized carbons (Fsp3) is 0.680. The van der Waals surface area contributed by atoms with E-state index in [0.29, 0.717) is 18.6 Å². The molecule has 1 aromatic rings. The van der Waals surface area contributed by atoms with E-state index in [2.05, 4.69) is 50.5 Å². The molecule has 0 radical (unpaired) electrons. The van der Waals surface area contributed by atoms with Gasteiger partial charge in [0.05, 0.1) is 23.3 Å². The van der Waals surface area contributed by atoms with Crippen molar-refractivity contribution >= 4 is 18.2 Å². The van der Waals surface area contributed by atoms with Gasteiger partial charge in [0.1, 0.15) is 4.75 Å². The van der Waals surface area contributed by atoms with E-state index in [9.17, 15) is 13.5 Å². The number of allylic oxidation sites excluding steroid dienone is 1. The third-order valence-corrected chi connectivity index (χ3v) is 15.2. The molecule has 8 nitrogen and oxygen atoms in total. The van der Waals surface area contributed by atoms with Crippen molar-refractivity contribution in [1.82, 2.24) is 0 Å². The minimum absolute atomic E-state index is 0.0167. The summed E-state index contributed by atoms with van der Waals surface area (Å²) in [7, 11) is -6.25. The Labute approximate surface area is 210 Å². The van der Waals surface area contributed by atoms with E-state index in [1.54, 1.807) is 30.3 Å². The van der Waals surface area contributed by atoms with Gasteiger partial charge in [0.2, 0.25) is 8.32 Å². The van der Waals surface area contributed by atoms with Crippen LogP contribution in [0.3, 0.4) is 0 Å². The maximum Gasteiger partial charge on any atom is 0.250 e. The molecule has 2 aliphatic rings. The lowest BCUT2D eigenvalue weighted by molar-refractivity contribution is -0.232. The Morgan fingerprint density at radius 3 is 2.51 bits per heavy atom. The molecule has 1 aliphatic heterocycles. The average Bonchev–Trinajstić information content (AvgIpc) is 3.05. The minimum atomic E-state index is -4.06. The first-order valence-corrected chi connectivity index (χ1v) is 16.6. The number of sulfone groups is 1. The van der Waals surface area contributed by atoms with Crippen LogP contribution in [0.1, 0.15) is 53.4 Å². The summed E-state index contributed by atoms with van der Waals surface area (Å²) in [5.41, 5.74) is 8.84. The van der Waals surface area contributed by atoms with Crippen LogP contribution < -0.4 is 0 Å². The molecule has 1 N–H and O–H groups in total. The van der Waals surface area contributed by atoms with Crippen LogP contribution in [0.5, 0.6) is 0 Å². The molecule has 1 saturated carbocycles. The van der Waals surface area contributed by atoms with Gasteiger partial charge in [0.25, 0.3) is 0 Å². The Hall–Kier alpha value is -1.84. The summed E-state index contributed by atoms with van der Waals surface area (Å²) in [5.74, 6) is -1.85. The number of aliphatic hydroxyl groups is 1. The van der Waals surface area contributed by atoms with Gasteiger partial charge in [-0.25, -0.2) is 8.42 Å². The number of rotatable bonds is 8. The molecule has 0 aromatic heterocycles. The highest BCUT2D eigenvalue weighted by Gasteiger charge is 2.71. The molecular weight excluding hydrogens is 482 g/mol. The van der Waals surface area contributed by atoms with Gasteiger partial charge in [-0.05, 0) is 60.5 Å². The van der Waals surface area contributed by atoms with Crippen molar-refractivity contribution in [2.75, 3.05) is 6.54 Å². The van der Waals surface area contributed by atoms with E-state index in [1.807, 2.05) is 6.92 Å². The van der Waals surface area contributed by atoms with E-state index in [1.165, 1.54) is 0 Å². The van der Waals surface area contributed by atoms with Gasteiger partial charge in [-0.3, -0.25) is 0 Å². The Balaban J connectivity index is 2.10. The van der Waals surface area contributed by atoms with Crippen molar-refractivity contribution in [3.63, 3.8) is 0 Å². The number of azide groups is 1. The van der Waals surface area contributed by atoms with E-state index in [4.69, 9.17) is 14.7 Å². The molecule has 4 unspecified atom stereocenters. The predicted octanol–water partition coefficient (Wildman–Crippen LogP) is 5.96. The van der Waals surface area contributed by atoms with Crippen molar-refractivity contribution in [3.8, 4) is 0 Å². The minimum Gasteiger partial charge on any atom is -0.547 e. The number of nitrogens with zero attached hydrogens (tertiary/aromatic N) is 3. The zero-order valence-electron chi connectivity index (χ0n) is 21.7. The summed E-state index contributed by atoms with van der Waals surface area (Å²) in [6.45, 7) is 16.8. The molecule has 1 aliphatic carbocycles. The predicted molar refractivity (Wildman–Crippen MR) is 139 cm³/mol. The summed E-state index contributed by atoms with van der Waals surface area (Å²) < 4.78 is 39.6. The molecule has 10 heteroatoms. The second-order valence-electron chi connectivity index (χ2n) is 11.7. The molecule has 0 amide bonds. The summed E-state index contributed by atoms with van der Waals surface area (Å²) in [6, 6.07) is 8.22.